The van der Waals surface area contributed by atoms with Gasteiger partial charge in [-0.25, -0.2) is 0 Å². The summed E-state index contributed by atoms with van der Waals surface area (Å²) >= 11 is 0. The predicted molar refractivity (Wildman–Crippen MR) is 99.2 cm³/mol. The van der Waals surface area contributed by atoms with Crippen LogP contribution in [0, 0.1) is 5.92 Å². The maximum Gasteiger partial charge on any atom is 0.320 e. The molecule has 2 fully saturated rings. The van der Waals surface area contributed by atoms with Crippen LogP contribution < -0.4 is 10.2 Å². The van der Waals surface area contributed by atoms with Crippen LogP contribution >= 0.6 is 0 Å². The van der Waals surface area contributed by atoms with E-state index in [9.17, 15) is 9.59 Å². The number of piperidine rings is 1. The molecular weight excluding hydrogens is 330 g/mol. The second kappa shape index (κ2) is 7.37. The van der Waals surface area contributed by atoms with Crippen LogP contribution in [0.5, 0.6) is 0 Å². The van der Waals surface area contributed by atoms with Crippen LogP contribution in [0.4, 0.5) is 5.69 Å². The highest BCUT2D eigenvalue weighted by atomic mass is 16.4. The van der Waals surface area contributed by atoms with Crippen molar-refractivity contribution in [3.63, 3.8) is 0 Å². The van der Waals surface area contributed by atoms with Crippen molar-refractivity contribution >= 4 is 17.6 Å². The molecule has 2 unspecified atom stereocenters. The summed E-state index contributed by atoms with van der Waals surface area (Å²) in [5.41, 5.74) is 3.74. The van der Waals surface area contributed by atoms with Crippen LogP contribution in [0.15, 0.2) is 18.2 Å². The minimum atomic E-state index is -0.825. The second-order valence-electron chi connectivity index (χ2n) is 7.71. The predicted octanol–water partition coefficient (Wildman–Crippen LogP) is 1.62. The lowest BCUT2D eigenvalue weighted by molar-refractivity contribution is -0.141. The van der Waals surface area contributed by atoms with Gasteiger partial charge in [0, 0.05) is 25.3 Å². The number of carbonyl (C=O) groups is 2. The van der Waals surface area contributed by atoms with Gasteiger partial charge in [0.2, 0.25) is 5.91 Å². The zero-order valence-electron chi connectivity index (χ0n) is 15.1. The van der Waals surface area contributed by atoms with Gasteiger partial charge in [-0.2, -0.15) is 0 Å². The number of nitrogens with one attached hydrogen (secondary N) is 1. The van der Waals surface area contributed by atoms with Crippen molar-refractivity contribution in [2.75, 3.05) is 31.1 Å². The molecule has 1 amide bonds. The first-order valence-corrected chi connectivity index (χ1v) is 9.74. The maximum absolute atomic E-state index is 13.0. The molecule has 0 radical (unpaired) electrons. The van der Waals surface area contributed by atoms with Gasteiger partial charge in [-0.1, -0.05) is 12.1 Å². The third-order valence-electron chi connectivity index (χ3n) is 6.04. The van der Waals surface area contributed by atoms with E-state index in [4.69, 9.17) is 5.11 Å². The summed E-state index contributed by atoms with van der Waals surface area (Å²) < 4.78 is 0. The molecular formula is C20H27N3O3. The van der Waals surface area contributed by atoms with Crippen LogP contribution in [0.2, 0.25) is 0 Å². The fraction of sp³-hybridized carbons (Fsp3) is 0.600. The average Bonchev–Trinajstić information content (AvgIpc) is 3.31. The zero-order chi connectivity index (χ0) is 18.1. The Bertz CT molecular complexity index is 692. The Morgan fingerprint density at radius 2 is 1.96 bits per heavy atom. The summed E-state index contributed by atoms with van der Waals surface area (Å²) in [5, 5.41) is 12.1. The molecule has 1 aromatic carbocycles. The number of carboxylic acids is 1. The molecule has 3 heterocycles. The Morgan fingerprint density at radius 1 is 1.15 bits per heavy atom. The molecule has 140 valence electrons. The first kappa shape index (κ1) is 17.5. The Hall–Kier alpha value is -1.92. The summed E-state index contributed by atoms with van der Waals surface area (Å²) in [4.78, 5) is 28.5. The van der Waals surface area contributed by atoms with Gasteiger partial charge in [0.1, 0.15) is 6.04 Å². The number of benzene rings is 1. The van der Waals surface area contributed by atoms with Gasteiger partial charge >= 0.3 is 5.97 Å². The smallest absolute Gasteiger partial charge is 0.320 e. The number of rotatable bonds is 4. The van der Waals surface area contributed by atoms with E-state index in [2.05, 4.69) is 28.4 Å². The van der Waals surface area contributed by atoms with Crippen molar-refractivity contribution in [1.29, 1.82) is 0 Å². The molecule has 4 rings (SSSR count). The fourth-order valence-corrected chi connectivity index (χ4v) is 4.56. The quantitative estimate of drug-likeness (QED) is 0.857. The Kier molecular flexibility index (Phi) is 4.96. The SMILES string of the molecule is O=C(O)C1CCC(C(=O)N2CCc3c(CN4CCCC4)cccc32)CN1. The van der Waals surface area contributed by atoms with E-state index < -0.39 is 12.0 Å². The van der Waals surface area contributed by atoms with Crippen molar-refractivity contribution in [2.24, 2.45) is 5.92 Å². The number of amides is 1. The molecule has 6 heteroatoms. The lowest BCUT2D eigenvalue weighted by Gasteiger charge is -2.30. The maximum atomic E-state index is 13.0. The van der Waals surface area contributed by atoms with E-state index in [1.807, 2.05) is 4.90 Å². The highest BCUT2D eigenvalue weighted by Crippen LogP contribution is 2.33. The van der Waals surface area contributed by atoms with Crippen LogP contribution in [0.25, 0.3) is 0 Å². The number of hydrogen-bond acceptors (Lipinski definition) is 4. The van der Waals surface area contributed by atoms with Gasteiger partial charge < -0.3 is 15.3 Å². The largest absolute Gasteiger partial charge is 0.480 e. The highest BCUT2D eigenvalue weighted by molar-refractivity contribution is 5.97. The van der Waals surface area contributed by atoms with E-state index >= 15 is 0 Å². The molecule has 3 aliphatic heterocycles. The summed E-state index contributed by atoms with van der Waals surface area (Å²) in [6, 6.07) is 5.81. The molecule has 3 aliphatic rings. The number of likely N-dealkylation sites (tertiary alicyclic amines) is 1. The molecule has 0 bridgehead atoms. The van der Waals surface area contributed by atoms with Crippen LogP contribution in [0.1, 0.15) is 36.8 Å². The minimum Gasteiger partial charge on any atom is -0.480 e. The van der Waals surface area contributed by atoms with Gasteiger partial charge in [-0.05, 0) is 62.4 Å². The molecule has 2 atom stereocenters. The Labute approximate surface area is 154 Å². The van der Waals surface area contributed by atoms with Crippen LogP contribution in [-0.4, -0.2) is 54.1 Å². The fourth-order valence-electron chi connectivity index (χ4n) is 4.56. The van der Waals surface area contributed by atoms with Crippen LogP contribution in [0.3, 0.4) is 0 Å². The van der Waals surface area contributed by atoms with Crippen molar-refractivity contribution in [3.8, 4) is 0 Å². The minimum absolute atomic E-state index is 0.126. The summed E-state index contributed by atoms with van der Waals surface area (Å²) in [5.74, 6) is -0.814. The van der Waals surface area contributed by atoms with E-state index in [0.717, 1.165) is 25.2 Å². The van der Waals surface area contributed by atoms with Gasteiger partial charge in [-0.15, -0.1) is 0 Å². The van der Waals surface area contributed by atoms with Crippen molar-refractivity contribution in [3.05, 3.63) is 29.3 Å². The molecule has 6 nitrogen and oxygen atoms in total. The van der Waals surface area contributed by atoms with Gasteiger partial charge in [0.15, 0.2) is 0 Å². The third-order valence-corrected chi connectivity index (χ3v) is 6.04. The second-order valence-corrected chi connectivity index (χ2v) is 7.71. The van der Waals surface area contributed by atoms with E-state index in [1.165, 1.54) is 37.1 Å². The number of nitrogens with zero attached hydrogens (tertiary/aromatic N) is 2. The van der Waals surface area contributed by atoms with E-state index in [-0.39, 0.29) is 11.8 Å². The molecule has 0 saturated carbocycles. The molecule has 0 aromatic heterocycles. The highest BCUT2D eigenvalue weighted by Gasteiger charge is 2.35. The summed E-state index contributed by atoms with van der Waals surface area (Å²) in [7, 11) is 0. The molecule has 2 saturated heterocycles. The van der Waals surface area contributed by atoms with Crippen molar-refractivity contribution < 1.29 is 14.7 Å². The summed E-state index contributed by atoms with van der Waals surface area (Å²) in [6.45, 7) is 4.52. The molecule has 1 aromatic rings. The Balaban J connectivity index is 1.46. The average molecular weight is 357 g/mol. The number of fused-ring (bicyclic) bond motifs is 1. The van der Waals surface area contributed by atoms with Gasteiger partial charge in [-0.3, -0.25) is 14.5 Å². The van der Waals surface area contributed by atoms with Crippen LogP contribution in [-0.2, 0) is 22.6 Å². The zero-order valence-corrected chi connectivity index (χ0v) is 15.1. The Morgan fingerprint density at radius 3 is 2.65 bits per heavy atom. The first-order chi connectivity index (χ1) is 12.6. The van der Waals surface area contributed by atoms with E-state index in [1.54, 1.807) is 0 Å². The number of carboxylic acid groups (broad SMARTS) is 1. The van der Waals surface area contributed by atoms with E-state index in [0.29, 0.717) is 19.4 Å². The standard InChI is InChI=1S/C20H27N3O3/c24-19(14-6-7-17(20(25)26)21-12-14)23-11-8-16-15(4-3-5-18(16)23)13-22-9-1-2-10-22/h3-5,14,17,21H,1-2,6-13H2,(H,25,26). The number of anilines is 1. The van der Waals surface area contributed by atoms with Gasteiger partial charge in [0.05, 0.1) is 5.92 Å². The summed E-state index contributed by atoms with van der Waals surface area (Å²) in [6.07, 6.45) is 4.64. The number of carbonyl (C=O) groups excluding carboxylic acids is 1. The topological polar surface area (TPSA) is 72.9 Å². The lowest BCUT2D eigenvalue weighted by atomic mass is 9.93. The molecule has 26 heavy (non-hydrogen) atoms. The number of aliphatic carboxylic acids is 1. The lowest BCUT2D eigenvalue weighted by Crippen LogP contribution is -2.49. The third kappa shape index (κ3) is 3.35. The molecule has 0 spiro atoms. The number of hydrogen-bond donors (Lipinski definition) is 2. The molecule has 0 aliphatic carbocycles. The van der Waals surface area contributed by atoms with Gasteiger partial charge in [0.25, 0.3) is 0 Å². The van der Waals surface area contributed by atoms with Crippen molar-refractivity contribution in [2.45, 2.75) is 44.7 Å². The monoisotopic (exact) mass is 357 g/mol. The molecule has 2 N–H and O–H groups in total. The normalized spacial score (nSPS) is 26.1. The first-order valence-electron chi connectivity index (χ1n) is 9.74. The van der Waals surface area contributed by atoms with Crippen molar-refractivity contribution in [1.82, 2.24) is 10.2 Å².